The van der Waals surface area contributed by atoms with Crippen LogP contribution in [0.3, 0.4) is 0 Å². The van der Waals surface area contributed by atoms with Crippen LogP contribution in [0.25, 0.3) is 0 Å². The van der Waals surface area contributed by atoms with Gasteiger partial charge in [-0.3, -0.25) is 0 Å². The molecular formula is C15H22N2O3. The second kappa shape index (κ2) is 6.93. The van der Waals surface area contributed by atoms with E-state index in [2.05, 4.69) is 30.0 Å². The van der Waals surface area contributed by atoms with Crippen molar-refractivity contribution in [3.63, 3.8) is 0 Å². The van der Waals surface area contributed by atoms with Gasteiger partial charge < -0.3 is 10.5 Å². The number of benzene rings is 1. The van der Waals surface area contributed by atoms with E-state index in [1.54, 1.807) is 37.2 Å². The average Bonchev–Trinajstić information content (AvgIpc) is 2.73. The van der Waals surface area contributed by atoms with E-state index in [1.807, 2.05) is 0 Å². The summed E-state index contributed by atoms with van der Waals surface area (Å²) in [5.74, 6) is 0. The van der Waals surface area contributed by atoms with Crippen LogP contribution in [-0.4, -0.2) is 17.7 Å². The Bertz CT molecular complexity index is 455. The lowest BCUT2D eigenvalue weighted by atomic mass is 10.1. The Morgan fingerprint density at radius 3 is 2.05 bits per heavy atom. The lowest BCUT2D eigenvalue weighted by Gasteiger charge is -2.18. The van der Waals surface area contributed by atoms with Crippen LogP contribution in [0.15, 0.2) is 24.3 Å². The molecule has 0 aromatic heterocycles. The third kappa shape index (κ3) is 6.22. The molecule has 110 valence electrons. The van der Waals surface area contributed by atoms with Crippen molar-refractivity contribution >= 4 is 12.1 Å². The highest BCUT2D eigenvalue weighted by Crippen LogP contribution is 2.20. The van der Waals surface area contributed by atoms with E-state index in [1.165, 1.54) is 19.3 Å². The van der Waals surface area contributed by atoms with Crippen LogP contribution in [-0.2, 0) is 17.6 Å². The minimum Gasteiger partial charge on any atom is -0.443 e. The van der Waals surface area contributed by atoms with Crippen LogP contribution in [0.2, 0.25) is 0 Å². The third-order valence-electron chi connectivity index (χ3n) is 2.63. The maximum atomic E-state index is 10.6. The summed E-state index contributed by atoms with van der Waals surface area (Å²) in [6.45, 7) is 5.06. The minimum absolute atomic E-state index is 0.612. The van der Waals surface area contributed by atoms with Gasteiger partial charge in [-0.25, -0.2) is 14.9 Å². The molecule has 3 amide bonds. The monoisotopic (exact) mass is 278 g/mol. The van der Waals surface area contributed by atoms with Crippen molar-refractivity contribution in [3.8, 4) is 0 Å². The molecule has 1 aliphatic rings. The minimum atomic E-state index is -0.917. The predicted octanol–water partition coefficient (Wildman–Crippen LogP) is 2.77. The predicted molar refractivity (Wildman–Crippen MR) is 77.4 cm³/mol. The largest absolute Gasteiger partial charge is 0.443 e. The van der Waals surface area contributed by atoms with Gasteiger partial charge >= 0.3 is 12.1 Å². The fourth-order valence-corrected chi connectivity index (χ4v) is 1.92. The lowest BCUT2D eigenvalue weighted by molar-refractivity contribution is 0.0550. The van der Waals surface area contributed by atoms with Crippen molar-refractivity contribution in [1.82, 2.24) is 5.32 Å². The van der Waals surface area contributed by atoms with Crippen LogP contribution < -0.4 is 11.1 Å². The SMILES string of the molecule is CC(C)(C)OC(=O)NC(N)=O.c1ccc2c(c1)CCC2. The summed E-state index contributed by atoms with van der Waals surface area (Å²) in [4.78, 5) is 20.7. The van der Waals surface area contributed by atoms with Gasteiger partial charge in [0.25, 0.3) is 0 Å². The van der Waals surface area contributed by atoms with E-state index < -0.39 is 17.7 Å². The summed E-state index contributed by atoms with van der Waals surface area (Å²) in [5.41, 5.74) is 7.18. The van der Waals surface area contributed by atoms with Crippen LogP contribution in [0.5, 0.6) is 0 Å². The quantitative estimate of drug-likeness (QED) is 0.765. The molecule has 5 nitrogen and oxygen atoms in total. The van der Waals surface area contributed by atoms with Gasteiger partial charge in [-0.2, -0.15) is 0 Å². The fourth-order valence-electron chi connectivity index (χ4n) is 1.92. The first-order chi connectivity index (χ1) is 9.28. The zero-order chi connectivity index (χ0) is 15.2. The number of aryl methyl sites for hydroxylation is 2. The molecule has 0 aliphatic heterocycles. The number of carbonyl (C=O) groups excluding carboxylic acids is 2. The van der Waals surface area contributed by atoms with E-state index in [0.29, 0.717) is 0 Å². The number of hydrogen-bond acceptors (Lipinski definition) is 3. The molecule has 0 unspecified atom stereocenters. The Balaban J connectivity index is 0.000000202. The van der Waals surface area contributed by atoms with E-state index in [-0.39, 0.29) is 0 Å². The maximum Gasteiger partial charge on any atom is 0.415 e. The standard InChI is InChI=1S/C9H10.C6H12N2O3/c1-2-5-9-7-3-6-8(9)4-1;1-6(2,3)11-5(10)8-4(7)9/h1-2,4-5H,3,6-7H2;1-3H3,(H3,7,8,9,10). The van der Waals surface area contributed by atoms with Gasteiger partial charge in [-0.05, 0) is 51.2 Å². The Kier molecular flexibility index (Phi) is 5.55. The van der Waals surface area contributed by atoms with Crippen molar-refractivity contribution in [3.05, 3.63) is 35.4 Å². The summed E-state index contributed by atoms with van der Waals surface area (Å²) in [6.07, 6.45) is 3.14. The Labute approximate surface area is 119 Å². The summed E-state index contributed by atoms with van der Waals surface area (Å²) in [7, 11) is 0. The molecule has 0 heterocycles. The molecule has 0 saturated heterocycles. The molecule has 0 radical (unpaired) electrons. The zero-order valence-electron chi connectivity index (χ0n) is 12.2. The average molecular weight is 278 g/mol. The van der Waals surface area contributed by atoms with Crippen molar-refractivity contribution in [1.29, 1.82) is 0 Å². The van der Waals surface area contributed by atoms with Crippen LogP contribution in [0.4, 0.5) is 9.59 Å². The van der Waals surface area contributed by atoms with Crippen molar-refractivity contribution in [2.75, 3.05) is 0 Å². The highest BCUT2D eigenvalue weighted by Gasteiger charge is 2.16. The normalized spacial score (nSPS) is 12.8. The van der Waals surface area contributed by atoms with Gasteiger partial charge in [0.2, 0.25) is 0 Å². The Hall–Kier alpha value is -2.04. The van der Waals surface area contributed by atoms with Crippen molar-refractivity contribution < 1.29 is 14.3 Å². The molecule has 1 aromatic carbocycles. The van der Waals surface area contributed by atoms with E-state index in [4.69, 9.17) is 4.74 Å². The molecule has 0 atom stereocenters. The summed E-state index contributed by atoms with van der Waals surface area (Å²) >= 11 is 0. The summed E-state index contributed by atoms with van der Waals surface area (Å²) in [5, 5.41) is 1.78. The number of rotatable bonds is 0. The topological polar surface area (TPSA) is 81.4 Å². The van der Waals surface area contributed by atoms with Crippen LogP contribution in [0, 0.1) is 0 Å². The number of urea groups is 1. The second-order valence-corrected chi connectivity index (χ2v) is 5.61. The highest BCUT2D eigenvalue weighted by atomic mass is 16.6. The first kappa shape index (κ1) is 16.0. The summed E-state index contributed by atoms with van der Waals surface area (Å²) in [6, 6.07) is 7.82. The molecule has 0 spiro atoms. The number of fused-ring (bicyclic) bond motifs is 1. The van der Waals surface area contributed by atoms with Gasteiger partial charge in [0, 0.05) is 0 Å². The second-order valence-electron chi connectivity index (χ2n) is 5.61. The van der Waals surface area contributed by atoms with E-state index in [9.17, 15) is 9.59 Å². The number of primary amides is 1. The van der Waals surface area contributed by atoms with Crippen molar-refractivity contribution in [2.45, 2.75) is 45.6 Å². The molecule has 5 heteroatoms. The number of alkyl carbamates (subject to hydrolysis) is 1. The molecule has 0 bridgehead atoms. The summed E-state index contributed by atoms with van der Waals surface area (Å²) < 4.78 is 4.70. The van der Waals surface area contributed by atoms with Gasteiger partial charge in [-0.15, -0.1) is 0 Å². The molecule has 0 fully saturated rings. The Morgan fingerprint density at radius 1 is 1.15 bits per heavy atom. The number of hydrogen-bond donors (Lipinski definition) is 2. The van der Waals surface area contributed by atoms with Gasteiger partial charge in [0.05, 0.1) is 0 Å². The molecule has 3 N–H and O–H groups in total. The molecule has 1 aliphatic carbocycles. The number of nitrogens with one attached hydrogen (secondary N) is 1. The van der Waals surface area contributed by atoms with Gasteiger partial charge in [0.15, 0.2) is 0 Å². The van der Waals surface area contributed by atoms with Crippen LogP contribution >= 0.6 is 0 Å². The number of carbonyl (C=O) groups is 2. The third-order valence-corrected chi connectivity index (χ3v) is 2.63. The first-order valence-electron chi connectivity index (χ1n) is 6.64. The number of ether oxygens (including phenoxy) is 1. The van der Waals surface area contributed by atoms with Gasteiger partial charge in [-0.1, -0.05) is 24.3 Å². The zero-order valence-corrected chi connectivity index (χ0v) is 12.2. The number of nitrogens with two attached hydrogens (primary N) is 1. The lowest BCUT2D eigenvalue weighted by Crippen LogP contribution is -2.39. The molecule has 2 rings (SSSR count). The maximum absolute atomic E-state index is 10.6. The first-order valence-corrected chi connectivity index (χ1v) is 6.64. The molecule has 20 heavy (non-hydrogen) atoms. The molecular weight excluding hydrogens is 256 g/mol. The molecule has 0 saturated carbocycles. The van der Waals surface area contributed by atoms with Crippen LogP contribution in [0.1, 0.15) is 38.3 Å². The fraction of sp³-hybridized carbons (Fsp3) is 0.467. The van der Waals surface area contributed by atoms with E-state index >= 15 is 0 Å². The molecule has 1 aromatic rings. The number of amides is 3. The smallest absolute Gasteiger partial charge is 0.415 e. The number of imide groups is 1. The van der Waals surface area contributed by atoms with E-state index in [0.717, 1.165) is 0 Å². The Morgan fingerprint density at radius 2 is 1.65 bits per heavy atom. The van der Waals surface area contributed by atoms with Crippen molar-refractivity contribution in [2.24, 2.45) is 5.73 Å². The highest BCUT2D eigenvalue weighted by molar-refractivity contribution is 5.89. The van der Waals surface area contributed by atoms with Gasteiger partial charge in [0.1, 0.15) is 5.60 Å².